The number of fused-ring (bicyclic) bond motifs is 1. The molecule has 0 radical (unpaired) electrons. The monoisotopic (exact) mass is 484 g/mol. The smallest absolute Gasteiger partial charge is 0.317 e. The summed E-state index contributed by atoms with van der Waals surface area (Å²) in [4.78, 5) is 33.7. The van der Waals surface area contributed by atoms with Crippen LogP contribution in [0.3, 0.4) is 0 Å². The summed E-state index contributed by atoms with van der Waals surface area (Å²) >= 11 is 0. The molecule has 2 N–H and O–H groups in total. The lowest BCUT2D eigenvalue weighted by Gasteiger charge is -2.37. The van der Waals surface area contributed by atoms with E-state index in [2.05, 4.69) is 22.1 Å². The quantitative estimate of drug-likeness (QED) is 0.605. The molecule has 2 heterocycles. The van der Waals surface area contributed by atoms with Crippen LogP contribution in [0, 0.1) is 23.7 Å². The molecule has 0 unspecified atom stereocenters. The van der Waals surface area contributed by atoms with Crippen LogP contribution >= 0.6 is 0 Å². The van der Waals surface area contributed by atoms with Gasteiger partial charge in [0.1, 0.15) is 11.7 Å². The number of aliphatic hydroxyl groups excluding tert-OH is 1. The van der Waals surface area contributed by atoms with Crippen molar-refractivity contribution < 1.29 is 19.4 Å². The van der Waals surface area contributed by atoms with Crippen molar-refractivity contribution >= 4 is 11.9 Å². The first-order chi connectivity index (χ1) is 16.8. The second-order valence-electron chi connectivity index (χ2n) is 9.92. The van der Waals surface area contributed by atoms with Gasteiger partial charge in [-0.2, -0.15) is 0 Å². The summed E-state index contributed by atoms with van der Waals surface area (Å²) in [5, 5.41) is 12.7. The molecule has 1 aromatic heterocycles. The van der Waals surface area contributed by atoms with E-state index < -0.39 is 0 Å². The average molecular weight is 485 g/mol. The molecule has 192 valence electrons. The molecular formula is C27H40N4O4. The van der Waals surface area contributed by atoms with E-state index in [1.54, 1.807) is 29.1 Å². The number of aliphatic hydroxyl groups is 1. The van der Waals surface area contributed by atoms with Crippen LogP contribution in [-0.2, 0) is 0 Å². The number of carbonyl (C=O) groups excluding carboxylic acids is 2. The molecule has 8 nitrogen and oxygen atoms in total. The molecule has 3 amide bonds. The molecule has 0 bridgehead atoms. The summed E-state index contributed by atoms with van der Waals surface area (Å²) in [5.41, 5.74) is 1.03. The van der Waals surface area contributed by atoms with Crippen LogP contribution in [0.15, 0.2) is 12.3 Å². The van der Waals surface area contributed by atoms with Gasteiger partial charge in [0, 0.05) is 43.7 Å². The van der Waals surface area contributed by atoms with Crippen LogP contribution in [0.4, 0.5) is 4.79 Å². The highest BCUT2D eigenvalue weighted by Gasteiger charge is 2.34. The number of ether oxygens (including phenoxy) is 1. The fraction of sp³-hybridized carbons (Fsp3) is 0.667. The number of urea groups is 1. The molecule has 1 saturated carbocycles. The van der Waals surface area contributed by atoms with Gasteiger partial charge in [-0.1, -0.05) is 45.0 Å². The molecule has 8 heteroatoms. The van der Waals surface area contributed by atoms with E-state index in [4.69, 9.17) is 4.74 Å². The third kappa shape index (κ3) is 7.11. The van der Waals surface area contributed by atoms with Crippen LogP contribution in [0.1, 0.15) is 75.2 Å². The Morgan fingerprint density at radius 2 is 2.11 bits per heavy atom. The number of aromatic nitrogens is 1. The number of pyridine rings is 1. The highest BCUT2D eigenvalue weighted by atomic mass is 16.5. The Balaban J connectivity index is 1.89. The van der Waals surface area contributed by atoms with E-state index in [-0.39, 0.29) is 42.5 Å². The van der Waals surface area contributed by atoms with Gasteiger partial charge in [0.15, 0.2) is 0 Å². The van der Waals surface area contributed by atoms with E-state index in [0.717, 1.165) is 19.3 Å². The highest BCUT2D eigenvalue weighted by molar-refractivity contribution is 5.97. The van der Waals surface area contributed by atoms with Gasteiger partial charge in [-0.25, -0.2) is 9.78 Å². The first-order valence-electron chi connectivity index (χ1n) is 12.9. The zero-order valence-electron chi connectivity index (χ0n) is 21.5. The Bertz CT molecular complexity index is 935. The van der Waals surface area contributed by atoms with Crippen molar-refractivity contribution in [2.75, 3.05) is 33.3 Å². The zero-order valence-corrected chi connectivity index (χ0v) is 21.5. The van der Waals surface area contributed by atoms with Gasteiger partial charge in [-0.15, -0.1) is 0 Å². The second kappa shape index (κ2) is 12.8. The standard InChI is InChI=1S/C27H40N4O4/c1-5-13-28-27(34)30(4)17-24-19(2)16-31(20(3)18-32)26(33)23-14-22(15-29-25(23)35-24)12-11-21-9-7-6-8-10-21/h14-15,19-21,24,32H,5-10,13,16-18H2,1-4H3,(H,28,34)/t19-,20+,24-/m0/s1. The van der Waals surface area contributed by atoms with Crippen LogP contribution in [0.2, 0.25) is 0 Å². The van der Waals surface area contributed by atoms with Gasteiger partial charge >= 0.3 is 6.03 Å². The van der Waals surface area contributed by atoms with Gasteiger partial charge in [0.25, 0.3) is 5.91 Å². The van der Waals surface area contributed by atoms with Crippen LogP contribution in [-0.4, -0.2) is 77.3 Å². The molecule has 1 aromatic rings. The largest absolute Gasteiger partial charge is 0.472 e. The van der Waals surface area contributed by atoms with E-state index in [0.29, 0.717) is 36.7 Å². The van der Waals surface area contributed by atoms with Crippen molar-refractivity contribution in [1.29, 1.82) is 0 Å². The number of hydrogen-bond acceptors (Lipinski definition) is 5. The van der Waals surface area contributed by atoms with Crippen molar-refractivity contribution in [2.45, 2.75) is 71.4 Å². The number of nitrogens with zero attached hydrogens (tertiary/aromatic N) is 3. The number of rotatable bonds is 6. The number of nitrogens with one attached hydrogen (secondary N) is 1. The van der Waals surface area contributed by atoms with Crippen molar-refractivity contribution in [3.8, 4) is 17.7 Å². The molecular weight excluding hydrogens is 444 g/mol. The summed E-state index contributed by atoms with van der Waals surface area (Å²) in [6.45, 7) is 7.02. The zero-order chi connectivity index (χ0) is 25.4. The maximum atomic E-state index is 13.5. The third-order valence-corrected chi connectivity index (χ3v) is 6.87. The average Bonchev–Trinajstić information content (AvgIpc) is 2.88. The number of amides is 3. The first-order valence-corrected chi connectivity index (χ1v) is 12.9. The lowest BCUT2D eigenvalue weighted by molar-refractivity contribution is 0.0352. The Morgan fingerprint density at radius 1 is 1.37 bits per heavy atom. The predicted molar refractivity (Wildman–Crippen MR) is 135 cm³/mol. The van der Waals surface area contributed by atoms with Gasteiger partial charge < -0.3 is 25.0 Å². The van der Waals surface area contributed by atoms with Crippen LogP contribution < -0.4 is 10.1 Å². The second-order valence-corrected chi connectivity index (χ2v) is 9.92. The minimum absolute atomic E-state index is 0.0879. The molecule has 35 heavy (non-hydrogen) atoms. The predicted octanol–water partition coefficient (Wildman–Crippen LogP) is 3.28. The summed E-state index contributed by atoms with van der Waals surface area (Å²) in [7, 11) is 1.73. The summed E-state index contributed by atoms with van der Waals surface area (Å²) in [6, 6.07) is 1.23. The molecule has 0 aromatic carbocycles. The molecule has 2 aliphatic rings. The van der Waals surface area contributed by atoms with Gasteiger partial charge in [-0.05, 0) is 32.3 Å². The minimum atomic E-state index is -0.376. The molecule has 1 aliphatic carbocycles. The summed E-state index contributed by atoms with van der Waals surface area (Å²) in [5.74, 6) is 6.89. The summed E-state index contributed by atoms with van der Waals surface area (Å²) in [6.07, 6.45) is 8.08. The molecule has 0 saturated heterocycles. The maximum Gasteiger partial charge on any atom is 0.317 e. The Labute approximate surface area is 209 Å². The highest BCUT2D eigenvalue weighted by Crippen LogP contribution is 2.28. The van der Waals surface area contributed by atoms with E-state index in [1.165, 1.54) is 19.3 Å². The molecule has 1 fully saturated rings. The van der Waals surface area contributed by atoms with E-state index >= 15 is 0 Å². The number of likely N-dealkylation sites (N-methyl/N-ethyl adjacent to an activating group) is 1. The van der Waals surface area contributed by atoms with Crippen molar-refractivity contribution in [2.24, 2.45) is 11.8 Å². The SMILES string of the molecule is CCCNC(=O)N(C)C[C@@H]1Oc2ncc(C#CC3CCCCC3)cc2C(=O)N([C@H](C)CO)C[C@@H]1C. The summed E-state index contributed by atoms with van der Waals surface area (Å²) < 4.78 is 6.27. The fourth-order valence-electron chi connectivity index (χ4n) is 4.54. The Hall–Kier alpha value is -2.79. The number of hydrogen-bond donors (Lipinski definition) is 2. The molecule has 3 rings (SSSR count). The number of carbonyl (C=O) groups is 2. The van der Waals surface area contributed by atoms with Gasteiger partial charge in [0.05, 0.1) is 19.2 Å². The Kier molecular flexibility index (Phi) is 9.79. The van der Waals surface area contributed by atoms with Gasteiger partial charge in [0.2, 0.25) is 5.88 Å². The molecule has 3 atom stereocenters. The minimum Gasteiger partial charge on any atom is -0.472 e. The van der Waals surface area contributed by atoms with Crippen LogP contribution in [0.5, 0.6) is 5.88 Å². The maximum absolute atomic E-state index is 13.5. The van der Waals surface area contributed by atoms with Crippen molar-refractivity contribution in [3.63, 3.8) is 0 Å². The topological polar surface area (TPSA) is 95.0 Å². The molecule has 0 spiro atoms. The van der Waals surface area contributed by atoms with E-state index in [9.17, 15) is 14.7 Å². The first kappa shape index (κ1) is 26.8. The normalized spacial score (nSPS) is 21.5. The fourth-order valence-corrected chi connectivity index (χ4v) is 4.54. The van der Waals surface area contributed by atoms with Crippen molar-refractivity contribution in [1.82, 2.24) is 20.1 Å². The lowest BCUT2D eigenvalue weighted by atomic mass is 9.90. The molecule has 1 aliphatic heterocycles. The van der Waals surface area contributed by atoms with Crippen molar-refractivity contribution in [3.05, 3.63) is 23.4 Å². The van der Waals surface area contributed by atoms with Crippen LogP contribution in [0.25, 0.3) is 0 Å². The van der Waals surface area contributed by atoms with E-state index in [1.807, 2.05) is 20.8 Å². The third-order valence-electron chi connectivity index (χ3n) is 6.87. The lowest BCUT2D eigenvalue weighted by Crippen LogP contribution is -2.51. The Morgan fingerprint density at radius 3 is 2.80 bits per heavy atom. The van der Waals surface area contributed by atoms with Gasteiger partial charge in [-0.3, -0.25) is 4.79 Å².